The molecule has 0 amide bonds. The summed E-state index contributed by atoms with van der Waals surface area (Å²) in [6, 6.07) is 1.50. The molecule has 0 aromatic carbocycles. The molecule has 0 aliphatic carbocycles. The van der Waals surface area contributed by atoms with E-state index in [-0.39, 0.29) is 30.9 Å². The Labute approximate surface area is 138 Å². The number of hydrogen-bond acceptors (Lipinski definition) is 7. The molecule has 0 spiro atoms. The second kappa shape index (κ2) is 7.33. The van der Waals surface area contributed by atoms with Gasteiger partial charge < -0.3 is 15.2 Å². The zero-order valence-corrected chi connectivity index (χ0v) is 13.6. The minimum Gasteiger partial charge on any atom is -0.462 e. The summed E-state index contributed by atoms with van der Waals surface area (Å²) in [5, 5.41) is 3.55. The smallest absolute Gasteiger partial charge is 0.351 e. The van der Waals surface area contributed by atoms with Crippen molar-refractivity contribution >= 4 is 11.8 Å². The van der Waals surface area contributed by atoms with Crippen molar-refractivity contribution < 1.29 is 14.3 Å². The molecular formula is C14H20N6O4. The average molecular weight is 336 g/mol. The molecule has 0 bridgehead atoms. The van der Waals surface area contributed by atoms with Crippen LogP contribution in [0.15, 0.2) is 22.2 Å². The minimum absolute atomic E-state index is 0.00251. The number of ether oxygens (including phenoxy) is 2. The first kappa shape index (κ1) is 17.8. The molecule has 2 N–H and O–H groups in total. The fourth-order valence-electron chi connectivity index (χ4n) is 2.43. The van der Waals surface area contributed by atoms with Gasteiger partial charge in [0.2, 0.25) is 0 Å². The number of carbonyl (C=O) groups is 1. The Morgan fingerprint density at radius 1 is 1.71 bits per heavy atom. The number of esters is 1. The highest BCUT2D eigenvalue weighted by atomic mass is 16.6. The van der Waals surface area contributed by atoms with Crippen LogP contribution in [0.4, 0.5) is 5.82 Å². The number of nitrogens with two attached hydrogens (primary N) is 1. The molecule has 10 heteroatoms. The molecule has 1 saturated heterocycles. The Balaban J connectivity index is 2.16. The largest absolute Gasteiger partial charge is 0.462 e. The standard InChI is InChI=1S/C14H20N6O4/c1-9(2)12(21)23-8-14(7-17-19-16)5-3-11(24-14)20-6-4-10(15)18-13(20)22/h4,6,9,11H,3,5,7-8H2,1-2H3,(H2,15,18,22)/t11-,14-/m1/s1. The van der Waals surface area contributed by atoms with Gasteiger partial charge in [-0.1, -0.05) is 19.0 Å². The van der Waals surface area contributed by atoms with Crippen LogP contribution in [0.3, 0.4) is 0 Å². The van der Waals surface area contributed by atoms with Crippen LogP contribution in [0, 0.1) is 5.92 Å². The number of azide groups is 1. The number of nitrogen functional groups attached to an aromatic ring is 1. The van der Waals surface area contributed by atoms with Crippen LogP contribution < -0.4 is 11.4 Å². The van der Waals surface area contributed by atoms with E-state index in [2.05, 4.69) is 15.0 Å². The van der Waals surface area contributed by atoms with Crippen LogP contribution in [0.1, 0.15) is 32.9 Å². The maximum absolute atomic E-state index is 11.9. The normalized spacial score (nSPS) is 23.0. The fourth-order valence-corrected chi connectivity index (χ4v) is 2.43. The topological polar surface area (TPSA) is 145 Å². The maximum Gasteiger partial charge on any atom is 0.351 e. The van der Waals surface area contributed by atoms with Gasteiger partial charge in [0.05, 0.1) is 12.5 Å². The summed E-state index contributed by atoms with van der Waals surface area (Å²) in [7, 11) is 0. The molecule has 2 atom stereocenters. The van der Waals surface area contributed by atoms with E-state index in [0.29, 0.717) is 12.8 Å². The van der Waals surface area contributed by atoms with Crippen LogP contribution in [0.5, 0.6) is 0 Å². The van der Waals surface area contributed by atoms with E-state index in [9.17, 15) is 9.59 Å². The molecule has 10 nitrogen and oxygen atoms in total. The van der Waals surface area contributed by atoms with Gasteiger partial charge in [0.15, 0.2) is 0 Å². The van der Waals surface area contributed by atoms with Crippen molar-refractivity contribution in [2.75, 3.05) is 18.9 Å². The van der Waals surface area contributed by atoms with Crippen molar-refractivity contribution in [1.29, 1.82) is 0 Å². The first-order valence-corrected chi connectivity index (χ1v) is 7.57. The van der Waals surface area contributed by atoms with E-state index in [0.717, 1.165) is 0 Å². The number of nitrogens with zero attached hydrogens (tertiary/aromatic N) is 5. The number of aromatic nitrogens is 2. The van der Waals surface area contributed by atoms with Crippen LogP contribution in [0.2, 0.25) is 0 Å². The number of rotatable bonds is 6. The predicted octanol–water partition coefficient (Wildman–Crippen LogP) is 1.38. The van der Waals surface area contributed by atoms with E-state index in [1.165, 1.54) is 16.8 Å². The Morgan fingerprint density at radius 3 is 3.08 bits per heavy atom. The summed E-state index contributed by atoms with van der Waals surface area (Å²) in [6.07, 6.45) is 1.88. The SMILES string of the molecule is CC(C)C(=O)OC[C@]1(CN=[N+]=[N-])CC[C@H](n2ccc(N)nc2=O)O1. The van der Waals surface area contributed by atoms with Gasteiger partial charge >= 0.3 is 11.7 Å². The molecule has 130 valence electrons. The van der Waals surface area contributed by atoms with E-state index >= 15 is 0 Å². The summed E-state index contributed by atoms with van der Waals surface area (Å²) in [5.74, 6) is -0.517. The zero-order chi connectivity index (χ0) is 17.7. The lowest BCUT2D eigenvalue weighted by molar-refractivity contribution is -0.160. The lowest BCUT2D eigenvalue weighted by Gasteiger charge is -2.28. The van der Waals surface area contributed by atoms with Gasteiger partial charge in [-0.15, -0.1) is 0 Å². The predicted molar refractivity (Wildman–Crippen MR) is 84.8 cm³/mol. The van der Waals surface area contributed by atoms with Gasteiger partial charge in [-0.3, -0.25) is 9.36 Å². The molecule has 24 heavy (non-hydrogen) atoms. The highest BCUT2D eigenvalue weighted by Crippen LogP contribution is 2.36. The average Bonchev–Trinajstić information content (AvgIpc) is 2.95. The quantitative estimate of drug-likeness (QED) is 0.359. The number of carbonyl (C=O) groups excluding carboxylic acids is 1. The first-order chi connectivity index (χ1) is 11.4. The van der Waals surface area contributed by atoms with Crippen molar-refractivity contribution in [3.63, 3.8) is 0 Å². The van der Waals surface area contributed by atoms with Crippen molar-refractivity contribution in [3.05, 3.63) is 33.2 Å². The molecule has 2 rings (SSSR count). The summed E-state index contributed by atoms with van der Waals surface area (Å²) in [4.78, 5) is 30.0. The van der Waals surface area contributed by atoms with Crippen molar-refractivity contribution in [1.82, 2.24) is 9.55 Å². The molecule has 0 saturated carbocycles. The minimum atomic E-state index is -0.956. The van der Waals surface area contributed by atoms with E-state index in [1.807, 2.05) is 0 Å². The summed E-state index contributed by atoms with van der Waals surface area (Å²) in [5.41, 5.74) is 12.6. The van der Waals surface area contributed by atoms with Crippen LogP contribution in [-0.2, 0) is 14.3 Å². The molecule has 0 unspecified atom stereocenters. The van der Waals surface area contributed by atoms with E-state index < -0.39 is 17.5 Å². The third-order valence-electron chi connectivity index (χ3n) is 3.77. The highest BCUT2D eigenvalue weighted by molar-refractivity contribution is 5.71. The van der Waals surface area contributed by atoms with Crippen LogP contribution in [-0.4, -0.2) is 34.3 Å². The first-order valence-electron chi connectivity index (χ1n) is 7.57. The van der Waals surface area contributed by atoms with E-state index in [1.54, 1.807) is 13.8 Å². The Hall–Kier alpha value is -2.58. The van der Waals surface area contributed by atoms with Gasteiger partial charge in [0.25, 0.3) is 0 Å². The zero-order valence-electron chi connectivity index (χ0n) is 13.6. The molecule has 1 aliphatic rings. The maximum atomic E-state index is 11.9. The van der Waals surface area contributed by atoms with Gasteiger partial charge in [-0.25, -0.2) is 4.79 Å². The number of hydrogen-bond donors (Lipinski definition) is 1. The van der Waals surface area contributed by atoms with Crippen LogP contribution >= 0.6 is 0 Å². The summed E-state index contributed by atoms with van der Waals surface area (Å²) >= 11 is 0. The summed E-state index contributed by atoms with van der Waals surface area (Å²) in [6.45, 7) is 3.40. The second-order valence-electron chi connectivity index (χ2n) is 5.99. The molecule has 1 aliphatic heterocycles. The third-order valence-corrected chi connectivity index (χ3v) is 3.77. The Morgan fingerprint density at radius 2 is 2.46 bits per heavy atom. The summed E-state index contributed by atoms with van der Waals surface area (Å²) < 4.78 is 12.5. The highest BCUT2D eigenvalue weighted by Gasteiger charge is 2.42. The second-order valence-corrected chi connectivity index (χ2v) is 5.99. The molecular weight excluding hydrogens is 316 g/mol. The molecule has 1 aromatic rings. The van der Waals surface area contributed by atoms with Gasteiger partial charge in [-0.05, 0) is 24.4 Å². The van der Waals surface area contributed by atoms with Crippen molar-refractivity contribution in [2.24, 2.45) is 11.0 Å². The van der Waals surface area contributed by atoms with Crippen LogP contribution in [0.25, 0.3) is 10.4 Å². The molecule has 0 radical (unpaired) electrons. The van der Waals surface area contributed by atoms with Crippen molar-refractivity contribution in [3.8, 4) is 0 Å². The molecule has 1 fully saturated rings. The van der Waals surface area contributed by atoms with Crippen molar-refractivity contribution in [2.45, 2.75) is 38.5 Å². The van der Waals surface area contributed by atoms with E-state index in [4.69, 9.17) is 20.7 Å². The van der Waals surface area contributed by atoms with Gasteiger partial charge in [0, 0.05) is 11.1 Å². The number of anilines is 1. The lowest BCUT2D eigenvalue weighted by Crippen LogP contribution is -2.40. The molecule has 2 heterocycles. The van der Waals surface area contributed by atoms with Gasteiger partial charge in [0.1, 0.15) is 24.3 Å². The fraction of sp³-hybridized carbons (Fsp3) is 0.643. The Kier molecular flexibility index (Phi) is 5.42. The monoisotopic (exact) mass is 336 g/mol. The Bertz CT molecular complexity index is 711. The third kappa shape index (κ3) is 4.03. The van der Waals surface area contributed by atoms with Gasteiger partial charge in [-0.2, -0.15) is 4.98 Å². The molecule has 1 aromatic heterocycles. The lowest BCUT2D eigenvalue weighted by atomic mass is 10.0.